The third-order valence-corrected chi connectivity index (χ3v) is 4.92. The number of hydrogen-bond acceptors (Lipinski definition) is 5. The number of hydrogen-bond donors (Lipinski definition) is 0. The van der Waals surface area contributed by atoms with E-state index in [4.69, 9.17) is 0 Å². The fourth-order valence-electron chi connectivity index (χ4n) is 3.36. The number of nitrogens with zero attached hydrogens (tertiary/aromatic N) is 5. The molecule has 0 bridgehead atoms. The van der Waals surface area contributed by atoms with Crippen molar-refractivity contribution >= 4 is 23.0 Å². The molecule has 1 aliphatic rings. The lowest BCUT2D eigenvalue weighted by molar-refractivity contribution is 0.596. The van der Waals surface area contributed by atoms with Crippen LogP contribution >= 0.6 is 0 Å². The monoisotopic (exact) mass is 363 g/mol. The predicted octanol–water partition coefficient (Wildman–Crippen LogP) is 3.71. The fourth-order valence-corrected chi connectivity index (χ4v) is 3.36. The van der Waals surface area contributed by atoms with E-state index in [0.29, 0.717) is 5.69 Å². The Morgan fingerprint density at radius 1 is 0.852 bits per heavy atom. The minimum atomic E-state index is -0.167. The molecule has 0 aliphatic carbocycles. The van der Waals surface area contributed by atoms with E-state index in [0.717, 1.165) is 43.5 Å². The van der Waals surface area contributed by atoms with Gasteiger partial charge in [0.1, 0.15) is 23.8 Å². The van der Waals surface area contributed by atoms with Crippen LogP contribution in [0.25, 0.3) is 0 Å². The highest BCUT2D eigenvalue weighted by molar-refractivity contribution is 5.62. The van der Waals surface area contributed by atoms with Crippen LogP contribution in [-0.2, 0) is 0 Å². The van der Waals surface area contributed by atoms with Gasteiger partial charge < -0.3 is 14.7 Å². The molecule has 5 nitrogen and oxygen atoms in total. The molecule has 0 amide bonds. The van der Waals surface area contributed by atoms with Crippen LogP contribution in [0.2, 0.25) is 0 Å². The Balaban J connectivity index is 1.47. The van der Waals surface area contributed by atoms with Crippen LogP contribution in [0.4, 0.5) is 27.4 Å². The normalized spacial score (nSPS) is 14.3. The summed E-state index contributed by atoms with van der Waals surface area (Å²) in [5, 5.41) is 0. The van der Waals surface area contributed by atoms with Crippen LogP contribution in [0, 0.1) is 5.82 Å². The largest absolute Gasteiger partial charge is 0.366 e. The van der Waals surface area contributed by atoms with Crippen molar-refractivity contribution in [2.24, 2.45) is 0 Å². The van der Waals surface area contributed by atoms with Gasteiger partial charge in [0.25, 0.3) is 0 Å². The molecule has 2 heterocycles. The van der Waals surface area contributed by atoms with E-state index in [1.165, 1.54) is 6.07 Å². The highest BCUT2D eigenvalue weighted by atomic mass is 19.1. The van der Waals surface area contributed by atoms with Crippen molar-refractivity contribution in [3.8, 4) is 0 Å². The van der Waals surface area contributed by atoms with E-state index in [-0.39, 0.29) is 5.82 Å². The Kier molecular flexibility index (Phi) is 4.87. The number of aromatic nitrogens is 2. The Bertz CT molecular complexity index is 894. The lowest BCUT2D eigenvalue weighted by atomic mass is 10.2. The molecule has 3 aromatic rings. The van der Waals surface area contributed by atoms with Crippen molar-refractivity contribution in [3.05, 3.63) is 72.8 Å². The Labute approximate surface area is 158 Å². The van der Waals surface area contributed by atoms with Gasteiger partial charge in [-0.25, -0.2) is 14.4 Å². The standard InChI is InChI=1S/C21H22FN5/c1-25(17-7-3-2-4-8-17)20-15-21(24-16-23-20)27-13-11-26(12-14-27)19-10-6-5-9-18(19)22/h2-10,15-16H,11-14H2,1H3. The maximum atomic E-state index is 14.0. The van der Waals surface area contributed by atoms with Crippen LogP contribution in [0.15, 0.2) is 67.0 Å². The molecule has 27 heavy (non-hydrogen) atoms. The Morgan fingerprint density at radius 2 is 1.52 bits per heavy atom. The van der Waals surface area contributed by atoms with Gasteiger partial charge in [-0.2, -0.15) is 0 Å². The van der Waals surface area contributed by atoms with Crippen molar-refractivity contribution in [1.82, 2.24) is 9.97 Å². The van der Waals surface area contributed by atoms with E-state index in [2.05, 4.69) is 31.9 Å². The summed E-state index contributed by atoms with van der Waals surface area (Å²) < 4.78 is 14.0. The maximum absolute atomic E-state index is 14.0. The first kappa shape index (κ1) is 17.3. The molecule has 1 aliphatic heterocycles. The molecule has 138 valence electrons. The van der Waals surface area contributed by atoms with E-state index in [1.54, 1.807) is 12.4 Å². The molecule has 0 atom stereocenters. The van der Waals surface area contributed by atoms with Crippen molar-refractivity contribution in [2.75, 3.05) is 47.9 Å². The fraction of sp³-hybridized carbons (Fsp3) is 0.238. The zero-order chi connectivity index (χ0) is 18.6. The van der Waals surface area contributed by atoms with Gasteiger partial charge in [0.05, 0.1) is 5.69 Å². The van der Waals surface area contributed by atoms with E-state index in [9.17, 15) is 4.39 Å². The second-order valence-corrected chi connectivity index (χ2v) is 6.55. The molecule has 0 radical (unpaired) electrons. The molecule has 2 aromatic carbocycles. The van der Waals surface area contributed by atoms with Gasteiger partial charge in [-0.15, -0.1) is 0 Å². The minimum Gasteiger partial charge on any atom is -0.366 e. The van der Waals surface area contributed by atoms with Crippen LogP contribution in [0.5, 0.6) is 0 Å². The first-order valence-corrected chi connectivity index (χ1v) is 9.07. The summed E-state index contributed by atoms with van der Waals surface area (Å²) in [5.41, 5.74) is 1.75. The lowest BCUT2D eigenvalue weighted by Crippen LogP contribution is -2.47. The second kappa shape index (κ2) is 7.61. The molecule has 1 saturated heterocycles. The third kappa shape index (κ3) is 3.69. The summed E-state index contributed by atoms with van der Waals surface area (Å²) in [4.78, 5) is 15.2. The Hall–Kier alpha value is -3.15. The Morgan fingerprint density at radius 3 is 2.26 bits per heavy atom. The molecule has 0 saturated carbocycles. The lowest BCUT2D eigenvalue weighted by Gasteiger charge is -2.37. The molecule has 0 N–H and O–H groups in total. The second-order valence-electron chi connectivity index (χ2n) is 6.55. The van der Waals surface area contributed by atoms with Gasteiger partial charge in [-0.05, 0) is 24.3 Å². The van der Waals surface area contributed by atoms with Crippen molar-refractivity contribution in [2.45, 2.75) is 0 Å². The third-order valence-electron chi connectivity index (χ3n) is 4.92. The van der Waals surface area contributed by atoms with Gasteiger partial charge in [0.15, 0.2) is 0 Å². The molecule has 1 fully saturated rings. The van der Waals surface area contributed by atoms with Gasteiger partial charge in [-0.1, -0.05) is 30.3 Å². The van der Waals surface area contributed by atoms with Crippen molar-refractivity contribution in [1.29, 1.82) is 0 Å². The van der Waals surface area contributed by atoms with Gasteiger partial charge >= 0.3 is 0 Å². The maximum Gasteiger partial charge on any atom is 0.146 e. The van der Waals surface area contributed by atoms with Gasteiger partial charge in [0, 0.05) is 45.0 Å². The zero-order valence-electron chi connectivity index (χ0n) is 15.3. The van der Waals surface area contributed by atoms with Crippen LogP contribution in [-0.4, -0.2) is 43.2 Å². The molecule has 1 aromatic heterocycles. The topological polar surface area (TPSA) is 35.5 Å². The number of benzene rings is 2. The van der Waals surface area contributed by atoms with Crippen molar-refractivity contribution < 1.29 is 4.39 Å². The van der Waals surface area contributed by atoms with Crippen LogP contribution < -0.4 is 14.7 Å². The first-order valence-electron chi connectivity index (χ1n) is 9.07. The zero-order valence-corrected chi connectivity index (χ0v) is 15.3. The van der Waals surface area contributed by atoms with Gasteiger partial charge in [0.2, 0.25) is 0 Å². The average molecular weight is 363 g/mol. The number of rotatable bonds is 4. The smallest absolute Gasteiger partial charge is 0.146 e. The predicted molar refractivity (Wildman–Crippen MR) is 107 cm³/mol. The molecular weight excluding hydrogens is 341 g/mol. The average Bonchev–Trinajstić information content (AvgIpc) is 2.74. The quantitative estimate of drug-likeness (QED) is 0.706. The number of halogens is 1. The van der Waals surface area contributed by atoms with E-state index >= 15 is 0 Å². The highest BCUT2D eigenvalue weighted by Gasteiger charge is 2.21. The summed E-state index contributed by atoms with van der Waals surface area (Å²) in [6.45, 7) is 3.10. The summed E-state index contributed by atoms with van der Waals surface area (Å²) in [5.74, 6) is 1.58. The summed E-state index contributed by atoms with van der Waals surface area (Å²) in [6, 6.07) is 19.1. The first-order chi connectivity index (χ1) is 13.2. The summed E-state index contributed by atoms with van der Waals surface area (Å²) in [6.07, 6.45) is 1.60. The van der Waals surface area contributed by atoms with Crippen molar-refractivity contribution in [3.63, 3.8) is 0 Å². The molecule has 6 heteroatoms. The SMILES string of the molecule is CN(c1ccccc1)c1cc(N2CCN(c3ccccc3F)CC2)ncn1. The van der Waals surface area contributed by atoms with Crippen LogP contribution in [0.1, 0.15) is 0 Å². The van der Waals surface area contributed by atoms with Crippen LogP contribution in [0.3, 0.4) is 0 Å². The molecule has 0 unspecified atom stereocenters. The number of piperazine rings is 1. The van der Waals surface area contributed by atoms with E-state index < -0.39 is 0 Å². The minimum absolute atomic E-state index is 0.167. The number of anilines is 4. The van der Waals surface area contributed by atoms with Gasteiger partial charge in [-0.3, -0.25) is 0 Å². The molecule has 0 spiro atoms. The highest BCUT2D eigenvalue weighted by Crippen LogP contribution is 2.25. The molecular formula is C21H22FN5. The molecule has 4 rings (SSSR count). The number of para-hydroxylation sites is 2. The summed E-state index contributed by atoms with van der Waals surface area (Å²) >= 11 is 0. The van der Waals surface area contributed by atoms with E-state index in [1.807, 2.05) is 48.3 Å². The summed E-state index contributed by atoms with van der Waals surface area (Å²) in [7, 11) is 2.00.